The zero-order chi connectivity index (χ0) is 18.6. The van der Waals surface area contributed by atoms with E-state index in [0.717, 1.165) is 16.5 Å². The standard InChI is InChI=1S/C20H15N3O3S/c24-17-9-6-14(7-10-17)19-22-23-20(26-19)27-12-18(25)21-16-8-5-13-3-1-2-4-15(13)11-16/h1-11,24H,12H2,(H,21,25). The van der Waals surface area contributed by atoms with E-state index in [2.05, 4.69) is 15.5 Å². The van der Waals surface area contributed by atoms with Gasteiger partial charge in [0.05, 0.1) is 5.75 Å². The Morgan fingerprint density at radius 3 is 2.59 bits per heavy atom. The molecular weight excluding hydrogens is 362 g/mol. The predicted octanol–water partition coefficient (Wildman–Crippen LogP) is 4.33. The first-order valence-corrected chi connectivity index (χ1v) is 9.20. The van der Waals surface area contributed by atoms with Crippen molar-refractivity contribution in [3.05, 3.63) is 66.7 Å². The minimum Gasteiger partial charge on any atom is -0.508 e. The maximum Gasteiger partial charge on any atom is 0.277 e. The van der Waals surface area contributed by atoms with Gasteiger partial charge in [-0.25, -0.2) is 0 Å². The van der Waals surface area contributed by atoms with Gasteiger partial charge in [0.15, 0.2) is 0 Å². The molecule has 0 spiro atoms. The molecule has 0 fully saturated rings. The number of nitrogens with one attached hydrogen (secondary N) is 1. The summed E-state index contributed by atoms with van der Waals surface area (Å²) in [6.07, 6.45) is 0. The fourth-order valence-electron chi connectivity index (χ4n) is 2.58. The highest BCUT2D eigenvalue weighted by Crippen LogP contribution is 2.25. The minimum absolute atomic E-state index is 0.153. The van der Waals surface area contributed by atoms with Crippen molar-refractivity contribution in [2.24, 2.45) is 0 Å². The lowest BCUT2D eigenvalue weighted by atomic mass is 10.1. The van der Waals surface area contributed by atoms with Crippen LogP contribution in [0, 0.1) is 0 Å². The number of fused-ring (bicyclic) bond motifs is 1. The minimum atomic E-state index is -0.153. The van der Waals surface area contributed by atoms with Crippen molar-refractivity contribution in [3.63, 3.8) is 0 Å². The van der Waals surface area contributed by atoms with Crippen LogP contribution in [0.4, 0.5) is 5.69 Å². The lowest BCUT2D eigenvalue weighted by Gasteiger charge is -2.05. The summed E-state index contributed by atoms with van der Waals surface area (Å²) < 4.78 is 5.55. The second-order valence-electron chi connectivity index (χ2n) is 5.82. The van der Waals surface area contributed by atoms with Crippen molar-refractivity contribution >= 4 is 34.1 Å². The van der Waals surface area contributed by atoms with Crippen LogP contribution >= 0.6 is 11.8 Å². The Bertz CT molecular complexity index is 1090. The van der Waals surface area contributed by atoms with Gasteiger partial charge in [-0.15, -0.1) is 10.2 Å². The summed E-state index contributed by atoms with van der Waals surface area (Å²) in [6, 6.07) is 20.2. The van der Waals surface area contributed by atoms with Crippen molar-refractivity contribution in [2.45, 2.75) is 5.22 Å². The Morgan fingerprint density at radius 1 is 1.00 bits per heavy atom. The second kappa shape index (κ2) is 7.51. The van der Waals surface area contributed by atoms with Crippen LogP contribution in [0.3, 0.4) is 0 Å². The molecule has 6 nitrogen and oxygen atoms in total. The third kappa shape index (κ3) is 4.09. The number of phenols is 1. The zero-order valence-corrected chi connectivity index (χ0v) is 14.9. The molecule has 4 rings (SSSR count). The number of anilines is 1. The first kappa shape index (κ1) is 17.1. The number of carbonyl (C=O) groups is 1. The van der Waals surface area contributed by atoms with Crippen LogP contribution in [0.2, 0.25) is 0 Å². The highest BCUT2D eigenvalue weighted by atomic mass is 32.2. The van der Waals surface area contributed by atoms with E-state index in [4.69, 9.17) is 4.42 Å². The van der Waals surface area contributed by atoms with Gasteiger partial charge in [0, 0.05) is 11.3 Å². The number of aromatic nitrogens is 2. The van der Waals surface area contributed by atoms with Gasteiger partial charge in [0.1, 0.15) is 5.75 Å². The zero-order valence-electron chi connectivity index (χ0n) is 14.1. The number of hydrogen-bond donors (Lipinski definition) is 2. The second-order valence-corrected chi connectivity index (χ2v) is 6.75. The van der Waals surface area contributed by atoms with Gasteiger partial charge in [-0.05, 0) is 47.2 Å². The van der Waals surface area contributed by atoms with E-state index in [0.29, 0.717) is 16.7 Å². The molecule has 0 aliphatic rings. The van der Waals surface area contributed by atoms with Crippen LogP contribution in [0.15, 0.2) is 76.4 Å². The summed E-state index contributed by atoms with van der Waals surface area (Å²) in [5, 5.41) is 22.6. The van der Waals surface area contributed by atoms with Crippen LogP contribution in [-0.2, 0) is 4.79 Å². The number of phenolic OH excluding ortho intramolecular Hbond substituents is 1. The number of amides is 1. The van der Waals surface area contributed by atoms with Crippen LogP contribution in [0.1, 0.15) is 0 Å². The van der Waals surface area contributed by atoms with Gasteiger partial charge in [-0.2, -0.15) is 0 Å². The molecule has 0 aliphatic heterocycles. The highest BCUT2D eigenvalue weighted by Gasteiger charge is 2.11. The Hall–Kier alpha value is -3.32. The topological polar surface area (TPSA) is 88.2 Å². The molecule has 1 amide bonds. The number of thioether (sulfide) groups is 1. The molecule has 0 saturated heterocycles. The maximum atomic E-state index is 12.2. The van der Waals surface area contributed by atoms with Crippen molar-refractivity contribution in [1.82, 2.24) is 10.2 Å². The molecule has 0 atom stereocenters. The first-order chi connectivity index (χ1) is 13.2. The van der Waals surface area contributed by atoms with Crippen molar-refractivity contribution in [2.75, 3.05) is 11.1 Å². The van der Waals surface area contributed by atoms with Crippen molar-refractivity contribution in [1.29, 1.82) is 0 Å². The molecule has 1 heterocycles. The van der Waals surface area contributed by atoms with E-state index in [9.17, 15) is 9.90 Å². The molecule has 0 saturated carbocycles. The number of carbonyl (C=O) groups excluding carboxylic acids is 1. The summed E-state index contributed by atoms with van der Waals surface area (Å²) >= 11 is 1.17. The predicted molar refractivity (Wildman–Crippen MR) is 105 cm³/mol. The third-order valence-corrected chi connectivity index (χ3v) is 4.70. The molecule has 7 heteroatoms. The average Bonchev–Trinajstić information content (AvgIpc) is 3.16. The fourth-order valence-corrected chi connectivity index (χ4v) is 3.14. The first-order valence-electron chi connectivity index (χ1n) is 8.22. The number of benzene rings is 3. The Kier molecular flexibility index (Phi) is 4.76. The molecule has 134 valence electrons. The quantitative estimate of drug-likeness (QED) is 0.504. The molecule has 2 N–H and O–H groups in total. The number of aromatic hydroxyl groups is 1. The molecule has 27 heavy (non-hydrogen) atoms. The summed E-state index contributed by atoms with van der Waals surface area (Å²) in [5.74, 6) is 0.509. The maximum absolute atomic E-state index is 12.2. The SMILES string of the molecule is O=C(CSc1nnc(-c2ccc(O)cc2)o1)Nc1ccc2ccccc2c1. The van der Waals surface area contributed by atoms with Gasteiger partial charge in [-0.3, -0.25) is 4.79 Å². The van der Waals surface area contributed by atoms with Crippen LogP contribution in [-0.4, -0.2) is 27.0 Å². The average molecular weight is 377 g/mol. The van der Waals surface area contributed by atoms with Crippen LogP contribution in [0.5, 0.6) is 5.75 Å². The summed E-state index contributed by atoms with van der Waals surface area (Å²) in [5.41, 5.74) is 1.45. The Morgan fingerprint density at radius 2 is 1.78 bits per heavy atom. The van der Waals surface area contributed by atoms with Gasteiger partial charge < -0.3 is 14.8 Å². The molecular formula is C20H15N3O3S. The van der Waals surface area contributed by atoms with Crippen molar-refractivity contribution in [3.8, 4) is 17.2 Å². The molecule has 0 radical (unpaired) electrons. The van der Waals surface area contributed by atoms with E-state index >= 15 is 0 Å². The molecule has 0 bridgehead atoms. The van der Waals surface area contributed by atoms with Gasteiger partial charge in [0.2, 0.25) is 11.8 Å². The summed E-state index contributed by atoms with van der Waals surface area (Å²) in [6.45, 7) is 0. The van der Waals surface area contributed by atoms with Crippen LogP contribution < -0.4 is 5.32 Å². The number of nitrogens with zero attached hydrogens (tertiary/aromatic N) is 2. The lowest BCUT2D eigenvalue weighted by Crippen LogP contribution is -2.13. The van der Waals surface area contributed by atoms with E-state index in [1.807, 2.05) is 42.5 Å². The molecule has 3 aromatic carbocycles. The van der Waals surface area contributed by atoms with Crippen molar-refractivity contribution < 1.29 is 14.3 Å². The van der Waals surface area contributed by atoms with Crippen LogP contribution in [0.25, 0.3) is 22.2 Å². The Balaban J connectivity index is 1.37. The Labute approximate surface area is 159 Å². The van der Waals surface area contributed by atoms with E-state index in [1.165, 1.54) is 11.8 Å². The summed E-state index contributed by atoms with van der Waals surface area (Å²) in [4.78, 5) is 12.2. The van der Waals surface area contributed by atoms with Gasteiger partial charge in [-0.1, -0.05) is 42.1 Å². The van der Waals surface area contributed by atoms with E-state index in [-0.39, 0.29) is 17.4 Å². The molecule has 0 aliphatic carbocycles. The number of hydrogen-bond acceptors (Lipinski definition) is 6. The molecule has 0 unspecified atom stereocenters. The highest BCUT2D eigenvalue weighted by molar-refractivity contribution is 7.99. The monoisotopic (exact) mass is 377 g/mol. The third-order valence-electron chi connectivity index (χ3n) is 3.88. The summed E-state index contributed by atoms with van der Waals surface area (Å²) in [7, 11) is 0. The fraction of sp³-hybridized carbons (Fsp3) is 0.0500. The molecule has 1 aromatic heterocycles. The number of rotatable bonds is 5. The van der Waals surface area contributed by atoms with E-state index < -0.39 is 0 Å². The van der Waals surface area contributed by atoms with E-state index in [1.54, 1.807) is 24.3 Å². The largest absolute Gasteiger partial charge is 0.508 e. The lowest BCUT2D eigenvalue weighted by molar-refractivity contribution is -0.113. The van der Waals surface area contributed by atoms with Gasteiger partial charge >= 0.3 is 0 Å². The normalized spacial score (nSPS) is 10.8. The smallest absolute Gasteiger partial charge is 0.277 e. The molecule has 4 aromatic rings. The van der Waals surface area contributed by atoms with Gasteiger partial charge in [0.25, 0.3) is 5.22 Å².